The molecule has 2 unspecified atom stereocenters. The van der Waals surface area contributed by atoms with Gasteiger partial charge in [-0.3, -0.25) is 0 Å². The molecule has 1 rings (SSSR count). The number of imidazole rings is 1. The van der Waals surface area contributed by atoms with Gasteiger partial charge in [-0.1, -0.05) is 0 Å². The molecule has 0 amide bonds. The summed E-state index contributed by atoms with van der Waals surface area (Å²) in [4.78, 5) is 4.00. The van der Waals surface area contributed by atoms with Crippen LogP contribution in [0, 0.1) is 0 Å². The monoisotopic (exact) mass is 229 g/mol. The molecule has 1 N–H and O–H groups in total. The maximum Gasteiger partial charge on any atom is 0.0945 e. The highest BCUT2D eigenvalue weighted by atomic mass is 35.5. The zero-order valence-electron chi connectivity index (χ0n) is 9.49. The molecule has 2 atom stereocenters. The first-order chi connectivity index (χ1) is 7.18. The molecule has 1 heterocycles. The van der Waals surface area contributed by atoms with E-state index in [-0.39, 0.29) is 5.38 Å². The summed E-state index contributed by atoms with van der Waals surface area (Å²) in [6.45, 7) is 6.26. The fourth-order valence-electron chi connectivity index (χ4n) is 1.60. The summed E-state index contributed by atoms with van der Waals surface area (Å²) in [5.41, 5.74) is 0. The molecule has 0 aromatic carbocycles. The molecular weight excluding hydrogens is 210 g/mol. The Hall–Kier alpha value is -0.540. The number of rotatable bonds is 7. The zero-order valence-corrected chi connectivity index (χ0v) is 10.2. The lowest BCUT2D eigenvalue weighted by Crippen LogP contribution is -2.29. The fourth-order valence-corrected chi connectivity index (χ4v) is 1.87. The minimum atomic E-state index is 0.251. The molecule has 0 aliphatic rings. The maximum absolute atomic E-state index is 5.91. The van der Waals surface area contributed by atoms with Gasteiger partial charge in [0.05, 0.1) is 6.33 Å². The van der Waals surface area contributed by atoms with E-state index in [2.05, 4.69) is 21.8 Å². The van der Waals surface area contributed by atoms with Crippen molar-refractivity contribution in [3.63, 3.8) is 0 Å². The van der Waals surface area contributed by atoms with Crippen molar-refractivity contribution in [2.45, 2.75) is 44.7 Å². The summed E-state index contributed by atoms with van der Waals surface area (Å²) in [6.07, 6.45) is 7.80. The van der Waals surface area contributed by atoms with E-state index < -0.39 is 0 Å². The molecule has 0 aliphatic carbocycles. The Labute approximate surface area is 96.8 Å². The molecule has 1 aromatic rings. The first kappa shape index (κ1) is 12.5. The molecule has 0 radical (unpaired) electrons. The third kappa shape index (κ3) is 5.80. The van der Waals surface area contributed by atoms with Crippen LogP contribution in [0.5, 0.6) is 0 Å². The number of hydrogen-bond acceptors (Lipinski definition) is 2. The maximum atomic E-state index is 5.91. The van der Waals surface area contributed by atoms with Crippen molar-refractivity contribution in [2.24, 2.45) is 0 Å². The second-order valence-corrected chi connectivity index (χ2v) is 4.77. The first-order valence-corrected chi connectivity index (χ1v) is 5.95. The molecule has 0 aliphatic heterocycles. The van der Waals surface area contributed by atoms with E-state index in [1.807, 2.05) is 25.6 Å². The van der Waals surface area contributed by atoms with Gasteiger partial charge in [0, 0.05) is 30.4 Å². The Morgan fingerprint density at radius 3 is 2.87 bits per heavy atom. The Kier molecular flexibility index (Phi) is 5.73. The van der Waals surface area contributed by atoms with Gasteiger partial charge < -0.3 is 9.88 Å². The predicted octanol–water partition coefficient (Wildman–Crippen LogP) is 2.27. The van der Waals surface area contributed by atoms with Crippen molar-refractivity contribution in [1.82, 2.24) is 14.9 Å². The van der Waals surface area contributed by atoms with Gasteiger partial charge in [0.1, 0.15) is 0 Å². The normalized spacial score (nSPS) is 15.1. The minimum absolute atomic E-state index is 0.251. The lowest BCUT2D eigenvalue weighted by atomic mass is 10.2. The van der Waals surface area contributed by atoms with E-state index in [0.717, 1.165) is 25.9 Å². The largest absolute Gasteiger partial charge is 0.337 e. The van der Waals surface area contributed by atoms with Gasteiger partial charge >= 0.3 is 0 Å². The first-order valence-electron chi connectivity index (χ1n) is 5.51. The smallest absolute Gasteiger partial charge is 0.0945 e. The summed E-state index contributed by atoms with van der Waals surface area (Å²) in [7, 11) is 0. The van der Waals surface area contributed by atoms with Crippen LogP contribution in [0.3, 0.4) is 0 Å². The third-order valence-electron chi connectivity index (χ3n) is 2.32. The van der Waals surface area contributed by atoms with Crippen LogP contribution in [0.25, 0.3) is 0 Å². The quantitative estimate of drug-likeness (QED) is 0.574. The Balaban J connectivity index is 2.01. The molecule has 0 bridgehead atoms. The van der Waals surface area contributed by atoms with E-state index in [1.165, 1.54) is 0 Å². The Bertz CT molecular complexity index is 246. The Morgan fingerprint density at radius 1 is 1.47 bits per heavy atom. The summed E-state index contributed by atoms with van der Waals surface area (Å²) in [5.74, 6) is 0. The predicted molar refractivity (Wildman–Crippen MR) is 64.2 cm³/mol. The lowest BCUT2D eigenvalue weighted by Gasteiger charge is -2.14. The van der Waals surface area contributed by atoms with Crippen molar-refractivity contribution in [2.75, 3.05) is 6.54 Å². The number of hydrogen-bond donors (Lipinski definition) is 1. The molecule has 0 fully saturated rings. The van der Waals surface area contributed by atoms with Crippen LogP contribution in [0.4, 0.5) is 0 Å². The van der Waals surface area contributed by atoms with Gasteiger partial charge in [-0.25, -0.2) is 4.98 Å². The highest BCUT2D eigenvalue weighted by molar-refractivity contribution is 6.20. The topological polar surface area (TPSA) is 29.9 Å². The molecule has 0 saturated heterocycles. The van der Waals surface area contributed by atoms with Crippen molar-refractivity contribution in [3.8, 4) is 0 Å². The van der Waals surface area contributed by atoms with E-state index in [4.69, 9.17) is 11.6 Å². The van der Waals surface area contributed by atoms with Crippen LogP contribution in [0.15, 0.2) is 18.7 Å². The number of alkyl halides is 1. The minimum Gasteiger partial charge on any atom is -0.337 e. The highest BCUT2D eigenvalue weighted by Gasteiger charge is 2.04. The number of aryl methyl sites for hydroxylation is 1. The van der Waals surface area contributed by atoms with Crippen LogP contribution in [-0.2, 0) is 6.54 Å². The number of aromatic nitrogens is 2. The number of nitrogens with one attached hydrogen (secondary N) is 1. The average Bonchev–Trinajstić information content (AvgIpc) is 2.63. The lowest BCUT2D eigenvalue weighted by molar-refractivity contribution is 0.487. The molecule has 15 heavy (non-hydrogen) atoms. The van der Waals surface area contributed by atoms with Gasteiger partial charge in [0.25, 0.3) is 0 Å². The second kappa shape index (κ2) is 6.85. The van der Waals surface area contributed by atoms with Crippen LogP contribution in [-0.4, -0.2) is 27.5 Å². The van der Waals surface area contributed by atoms with E-state index in [0.29, 0.717) is 6.04 Å². The van der Waals surface area contributed by atoms with Crippen LogP contribution >= 0.6 is 11.6 Å². The summed E-state index contributed by atoms with van der Waals surface area (Å²) < 4.78 is 2.09. The fraction of sp³-hybridized carbons (Fsp3) is 0.727. The van der Waals surface area contributed by atoms with Crippen molar-refractivity contribution < 1.29 is 0 Å². The molecule has 0 saturated carbocycles. The summed E-state index contributed by atoms with van der Waals surface area (Å²) in [6, 6.07) is 0.500. The van der Waals surface area contributed by atoms with Gasteiger partial charge in [-0.2, -0.15) is 0 Å². The molecule has 4 heteroatoms. The highest BCUT2D eigenvalue weighted by Crippen LogP contribution is 2.03. The summed E-state index contributed by atoms with van der Waals surface area (Å²) >= 11 is 5.91. The third-order valence-corrected chi connectivity index (χ3v) is 2.50. The number of nitrogens with zero attached hydrogens (tertiary/aromatic N) is 2. The van der Waals surface area contributed by atoms with E-state index in [9.17, 15) is 0 Å². The van der Waals surface area contributed by atoms with Gasteiger partial charge in [0.2, 0.25) is 0 Å². The molecule has 3 nitrogen and oxygen atoms in total. The zero-order chi connectivity index (χ0) is 11.1. The van der Waals surface area contributed by atoms with Crippen LogP contribution in [0.1, 0.15) is 26.7 Å². The molecule has 86 valence electrons. The molecule has 1 aromatic heterocycles. The average molecular weight is 230 g/mol. The molecule has 0 spiro atoms. The van der Waals surface area contributed by atoms with Gasteiger partial charge in [-0.05, 0) is 33.2 Å². The van der Waals surface area contributed by atoms with Crippen molar-refractivity contribution in [1.29, 1.82) is 0 Å². The standard InChI is InChI=1S/C11H20ClN3/c1-10(12)8-11(2)14-4-3-6-15-7-5-13-9-15/h5,7,9-11,14H,3-4,6,8H2,1-2H3. The molecular formula is C11H20ClN3. The Morgan fingerprint density at radius 2 is 2.27 bits per heavy atom. The van der Waals surface area contributed by atoms with Crippen molar-refractivity contribution >= 4 is 11.6 Å². The van der Waals surface area contributed by atoms with Gasteiger partial charge in [-0.15, -0.1) is 11.6 Å². The second-order valence-electron chi connectivity index (χ2n) is 4.03. The van der Waals surface area contributed by atoms with Crippen LogP contribution in [0.2, 0.25) is 0 Å². The van der Waals surface area contributed by atoms with E-state index in [1.54, 1.807) is 0 Å². The number of halogens is 1. The van der Waals surface area contributed by atoms with Gasteiger partial charge in [0.15, 0.2) is 0 Å². The van der Waals surface area contributed by atoms with Crippen molar-refractivity contribution in [3.05, 3.63) is 18.7 Å². The van der Waals surface area contributed by atoms with E-state index >= 15 is 0 Å². The SMILES string of the molecule is CC(Cl)CC(C)NCCCn1ccnc1. The van der Waals surface area contributed by atoms with Crippen LogP contribution < -0.4 is 5.32 Å². The summed E-state index contributed by atoms with van der Waals surface area (Å²) in [5, 5.41) is 3.71.